The van der Waals surface area contributed by atoms with Crippen molar-refractivity contribution in [2.75, 3.05) is 18.4 Å². The van der Waals surface area contributed by atoms with Gasteiger partial charge >= 0.3 is 0 Å². The third-order valence-electron chi connectivity index (χ3n) is 4.14. The lowest BCUT2D eigenvalue weighted by Crippen LogP contribution is -2.30. The van der Waals surface area contributed by atoms with E-state index < -0.39 is 10.0 Å². The number of hydrogen-bond acceptors (Lipinski definition) is 4. The second kappa shape index (κ2) is 10.2. The Hall–Kier alpha value is -2.64. The average molecular weight is 417 g/mol. The van der Waals surface area contributed by atoms with Gasteiger partial charge in [0.2, 0.25) is 15.9 Å². The Morgan fingerprint density at radius 2 is 1.62 bits per heavy atom. The van der Waals surface area contributed by atoms with E-state index in [4.69, 9.17) is 4.74 Å². The van der Waals surface area contributed by atoms with Gasteiger partial charge in [0.25, 0.3) is 0 Å². The van der Waals surface area contributed by atoms with Crippen LogP contribution in [0.25, 0.3) is 6.08 Å². The Bertz CT molecular complexity index is 930. The van der Waals surface area contributed by atoms with Gasteiger partial charge < -0.3 is 10.1 Å². The molecule has 29 heavy (non-hydrogen) atoms. The van der Waals surface area contributed by atoms with Crippen LogP contribution in [0.4, 0.5) is 5.69 Å². The average Bonchev–Trinajstić information content (AvgIpc) is 2.68. The highest BCUT2D eigenvalue weighted by Gasteiger charge is 2.20. The first-order valence-corrected chi connectivity index (χ1v) is 11.1. The summed E-state index contributed by atoms with van der Waals surface area (Å²) >= 11 is 0. The molecule has 2 aromatic rings. The molecule has 0 aliphatic heterocycles. The Morgan fingerprint density at radius 3 is 2.14 bits per heavy atom. The highest BCUT2D eigenvalue weighted by atomic mass is 32.2. The topological polar surface area (TPSA) is 75.7 Å². The number of carbonyl (C=O) groups is 1. The number of amides is 1. The maximum Gasteiger partial charge on any atom is 0.248 e. The molecule has 0 fully saturated rings. The van der Waals surface area contributed by atoms with Crippen molar-refractivity contribution in [1.29, 1.82) is 0 Å². The maximum atomic E-state index is 12.5. The zero-order valence-electron chi connectivity index (χ0n) is 17.3. The summed E-state index contributed by atoms with van der Waals surface area (Å²) in [5.74, 6) is 0.468. The van der Waals surface area contributed by atoms with E-state index in [9.17, 15) is 13.2 Å². The number of nitrogens with zero attached hydrogens (tertiary/aromatic N) is 1. The van der Waals surface area contributed by atoms with Crippen molar-refractivity contribution in [3.05, 3.63) is 60.2 Å². The Balaban J connectivity index is 2.00. The molecule has 0 saturated heterocycles. The third-order valence-corrected chi connectivity index (χ3v) is 6.21. The molecular weight excluding hydrogens is 388 g/mol. The van der Waals surface area contributed by atoms with Gasteiger partial charge in [-0.3, -0.25) is 4.79 Å². The summed E-state index contributed by atoms with van der Waals surface area (Å²) in [5.41, 5.74) is 1.40. The van der Waals surface area contributed by atoms with Crippen molar-refractivity contribution in [2.45, 2.75) is 38.7 Å². The van der Waals surface area contributed by atoms with E-state index in [0.717, 1.165) is 11.3 Å². The number of benzene rings is 2. The monoisotopic (exact) mass is 416 g/mol. The number of ether oxygens (including phenoxy) is 1. The molecule has 0 aliphatic carbocycles. The van der Waals surface area contributed by atoms with Crippen LogP contribution in [0.2, 0.25) is 0 Å². The highest BCUT2D eigenvalue weighted by Crippen LogP contribution is 2.18. The van der Waals surface area contributed by atoms with Crippen LogP contribution in [0, 0.1) is 0 Å². The van der Waals surface area contributed by atoms with Gasteiger partial charge in [0.1, 0.15) is 5.75 Å². The van der Waals surface area contributed by atoms with E-state index in [1.807, 2.05) is 27.7 Å². The van der Waals surface area contributed by atoms with E-state index >= 15 is 0 Å². The smallest absolute Gasteiger partial charge is 0.248 e. The van der Waals surface area contributed by atoms with Crippen LogP contribution in [0.15, 0.2) is 59.5 Å². The van der Waals surface area contributed by atoms with Gasteiger partial charge in [-0.25, -0.2) is 8.42 Å². The number of hydrogen-bond donors (Lipinski definition) is 1. The van der Waals surface area contributed by atoms with Gasteiger partial charge in [-0.15, -0.1) is 0 Å². The molecule has 0 aromatic heterocycles. The largest absolute Gasteiger partial charge is 0.491 e. The lowest BCUT2D eigenvalue weighted by Gasteiger charge is -2.18. The zero-order chi connectivity index (χ0) is 21.4. The predicted octanol–water partition coefficient (Wildman–Crippen LogP) is 4.16. The molecule has 0 radical (unpaired) electrons. The summed E-state index contributed by atoms with van der Waals surface area (Å²) in [6.07, 6.45) is 3.14. The minimum Gasteiger partial charge on any atom is -0.491 e. The summed E-state index contributed by atoms with van der Waals surface area (Å²) in [7, 11) is -3.48. The van der Waals surface area contributed by atoms with Crippen LogP contribution >= 0.6 is 0 Å². The number of nitrogens with one attached hydrogen (secondary N) is 1. The lowest BCUT2D eigenvalue weighted by molar-refractivity contribution is -0.111. The van der Waals surface area contributed by atoms with Crippen LogP contribution in [0.3, 0.4) is 0 Å². The van der Waals surface area contributed by atoms with Crippen molar-refractivity contribution >= 4 is 27.7 Å². The summed E-state index contributed by atoms with van der Waals surface area (Å²) in [6.45, 7) is 8.36. The molecule has 1 N–H and O–H groups in total. The number of rotatable bonds is 9. The van der Waals surface area contributed by atoms with E-state index in [1.54, 1.807) is 54.6 Å². The number of sulfonamides is 1. The van der Waals surface area contributed by atoms with Crippen LogP contribution in [-0.4, -0.2) is 37.8 Å². The molecule has 2 rings (SSSR count). The molecule has 156 valence electrons. The molecule has 7 heteroatoms. The van der Waals surface area contributed by atoms with Crippen molar-refractivity contribution in [2.24, 2.45) is 0 Å². The van der Waals surface area contributed by atoms with Gasteiger partial charge in [-0.1, -0.05) is 26.0 Å². The van der Waals surface area contributed by atoms with E-state index in [1.165, 1.54) is 10.4 Å². The van der Waals surface area contributed by atoms with Gasteiger partial charge in [-0.05, 0) is 61.9 Å². The molecule has 0 unspecified atom stereocenters. The van der Waals surface area contributed by atoms with Gasteiger partial charge in [0, 0.05) is 24.9 Å². The fourth-order valence-corrected chi connectivity index (χ4v) is 4.17. The lowest BCUT2D eigenvalue weighted by atomic mass is 10.2. The fourth-order valence-electron chi connectivity index (χ4n) is 2.71. The molecule has 0 atom stereocenters. The first-order chi connectivity index (χ1) is 13.8. The quantitative estimate of drug-likeness (QED) is 0.623. The minimum atomic E-state index is -3.48. The molecule has 0 aliphatic rings. The first-order valence-electron chi connectivity index (χ1n) is 9.62. The summed E-state index contributed by atoms with van der Waals surface area (Å²) in [4.78, 5) is 12.4. The van der Waals surface area contributed by atoms with Crippen LogP contribution < -0.4 is 10.1 Å². The maximum absolute atomic E-state index is 12.5. The molecule has 0 bridgehead atoms. The van der Waals surface area contributed by atoms with Gasteiger partial charge in [0.15, 0.2) is 0 Å². The summed E-state index contributed by atoms with van der Waals surface area (Å²) in [5, 5.41) is 2.77. The minimum absolute atomic E-state index is 0.0896. The SMILES string of the molecule is CCN(CC)S(=O)(=O)c1ccc(/C=C/C(=O)Nc2ccc(OC(C)C)cc2)cc1. The zero-order valence-corrected chi connectivity index (χ0v) is 18.1. The van der Waals surface area contributed by atoms with Crippen molar-refractivity contribution in [3.63, 3.8) is 0 Å². The Labute approximate surface area is 173 Å². The predicted molar refractivity (Wildman–Crippen MR) is 116 cm³/mol. The van der Waals surface area contributed by atoms with Gasteiger partial charge in [0.05, 0.1) is 11.0 Å². The van der Waals surface area contributed by atoms with Crippen molar-refractivity contribution < 1.29 is 17.9 Å². The molecule has 1 amide bonds. The normalized spacial score (nSPS) is 11.9. The van der Waals surface area contributed by atoms with Crippen molar-refractivity contribution in [3.8, 4) is 5.75 Å². The van der Waals surface area contributed by atoms with E-state index in [0.29, 0.717) is 18.8 Å². The molecule has 0 heterocycles. The van der Waals surface area contributed by atoms with Crippen LogP contribution in [-0.2, 0) is 14.8 Å². The number of carbonyl (C=O) groups excluding carboxylic acids is 1. The first kappa shape index (κ1) is 22.6. The third kappa shape index (κ3) is 6.44. The highest BCUT2D eigenvalue weighted by molar-refractivity contribution is 7.89. The van der Waals surface area contributed by atoms with Crippen molar-refractivity contribution in [1.82, 2.24) is 4.31 Å². The molecule has 0 saturated carbocycles. The van der Waals surface area contributed by atoms with Gasteiger partial charge in [-0.2, -0.15) is 4.31 Å². The second-order valence-electron chi connectivity index (χ2n) is 6.67. The number of anilines is 1. The fraction of sp³-hybridized carbons (Fsp3) is 0.318. The second-order valence-corrected chi connectivity index (χ2v) is 8.61. The Kier molecular flexibility index (Phi) is 7.99. The van der Waals surface area contributed by atoms with E-state index in [-0.39, 0.29) is 16.9 Å². The summed E-state index contributed by atoms with van der Waals surface area (Å²) < 4.78 is 32.0. The van der Waals surface area contributed by atoms with Crippen LogP contribution in [0.5, 0.6) is 5.75 Å². The molecule has 6 nitrogen and oxygen atoms in total. The molecular formula is C22H28N2O4S. The molecule has 2 aromatic carbocycles. The standard InChI is InChI=1S/C22H28N2O4S/c1-5-24(6-2)29(26,27)21-14-7-18(8-15-21)9-16-22(25)23-19-10-12-20(13-11-19)28-17(3)4/h7-17H,5-6H2,1-4H3,(H,23,25)/b16-9+. The molecule has 0 spiro atoms. The van der Waals surface area contributed by atoms with Crippen LogP contribution in [0.1, 0.15) is 33.3 Å². The summed E-state index contributed by atoms with van der Waals surface area (Å²) in [6, 6.07) is 13.6. The van der Waals surface area contributed by atoms with E-state index in [2.05, 4.69) is 5.32 Å². The Morgan fingerprint density at radius 1 is 1.03 bits per heavy atom.